The second kappa shape index (κ2) is 8.78. The number of rotatable bonds is 8. The lowest BCUT2D eigenvalue weighted by molar-refractivity contribution is -0.121. The Bertz CT molecular complexity index is 1130. The molecule has 8 nitrogen and oxygen atoms in total. The highest BCUT2D eigenvalue weighted by molar-refractivity contribution is 7.90. The number of methoxy groups -OCH3 is 1. The summed E-state index contributed by atoms with van der Waals surface area (Å²) in [4.78, 5) is 24.5. The quantitative estimate of drug-likeness (QED) is 0.597. The fraction of sp³-hybridized carbons (Fsp3) is 0.200. The summed E-state index contributed by atoms with van der Waals surface area (Å²) in [5.41, 5.74) is 0.278. The third-order valence-corrected chi connectivity index (χ3v) is 5.99. The minimum Gasteiger partial charge on any atom is -0.497 e. The number of ether oxygens (including phenoxy) is 1. The van der Waals surface area contributed by atoms with Crippen LogP contribution in [0.25, 0.3) is 0 Å². The topological polar surface area (TPSA) is 99.4 Å². The summed E-state index contributed by atoms with van der Waals surface area (Å²) in [7, 11) is -2.60. The Morgan fingerprint density at radius 2 is 1.72 bits per heavy atom. The molecular formula is C20H21N3O5S. The maximum atomic E-state index is 12.7. The molecule has 1 N–H and O–H groups in total. The van der Waals surface area contributed by atoms with Crippen molar-refractivity contribution in [2.75, 3.05) is 13.7 Å². The first-order chi connectivity index (χ1) is 13.9. The van der Waals surface area contributed by atoms with Crippen molar-refractivity contribution in [3.05, 3.63) is 83.0 Å². The van der Waals surface area contributed by atoms with Crippen LogP contribution in [0.1, 0.15) is 5.56 Å². The van der Waals surface area contributed by atoms with Crippen molar-refractivity contribution in [1.29, 1.82) is 0 Å². The predicted molar refractivity (Wildman–Crippen MR) is 107 cm³/mol. The number of carbonyl (C=O) groups excluding carboxylic acids is 1. The molecule has 3 rings (SSSR count). The molecule has 3 aromatic rings. The lowest BCUT2D eigenvalue weighted by Gasteiger charge is -2.07. The molecule has 0 atom stereocenters. The van der Waals surface area contributed by atoms with E-state index in [4.69, 9.17) is 4.74 Å². The average Bonchev–Trinajstić information content (AvgIpc) is 3.09. The van der Waals surface area contributed by atoms with Crippen LogP contribution in [0.4, 0.5) is 0 Å². The number of nitrogens with one attached hydrogen (secondary N) is 1. The van der Waals surface area contributed by atoms with Crippen molar-refractivity contribution in [3.63, 3.8) is 0 Å². The van der Waals surface area contributed by atoms with Crippen molar-refractivity contribution >= 4 is 15.9 Å². The molecule has 0 saturated carbocycles. The molecule has 0 aliphatic carbocycles. The van der Waals surface area contributed by atoms with Crippen LogP contribution in [0.15, 0.2) is 76.7 Å². The van der Waals surface area contributed by atoms with Crippen molar-refractivity contribution in [3.8, 4) is 5.75 Å². The van der Waals surface area contributed by atoms with Gasteiger partial charge in [-0.05, 0) is 36.2 Å². The van der Waals surface area contributed by atoms with Crippen molar-refractivity contribution < 1.29 is 17.9 Å². The van der Waals surface area contributed by atoms with Gasteiger partial charge in [-0.25, -0.2) is 13.2 Å². The second-order valence-electron chi connectivity index (χ2n) is 6.27. The molecule has 0 aliphatic rings. The Morgan fingerprint density at radius 1 is 1.03 bits per heavy atom. The molecule has 0 radical (unpaired) electrons. The fourth-order valence-corrected chi connectivity index (χ4v) is 3.99. The third-order valence-electron chi connectivity index (χ3n) is 4.33. The van der Waals surface area contributed by atoms with E-state index in [0.29, 0.717) is 22.7 Å². The Labute approximate surface area is 168 Å². The molecule has 152 valence electrons. The minimum absolute atomic E-state index is 0.0505. The normalized spacial score (nSPS) is 11.2. The zero-order chi connectivity index (χ0) is 20.9. The van der Waals surface area contributed by atoms with E-state index in [2.05, 4.69) is 5.32 Å². The van der Waals surface area contributed by atoms with E-state index in [1.54, 1.807) is 0 Å². The van der Waals surface area contributed by atoms with Gasteiger partial charge in [0, 0.05) is 18.9 Å². The molecule has 2 aromatic carbocycles. The molecule has 29 heavy (non-hydrogen) atoms. The maximum absolute atomic E-state index is 12.7. The van der Waals surface area contributed by atoms with Crippen molar-refractivity contribution in [1.82, 2.24) is 13.9 Å². The number of hydrogen-bond acceptors (Lipinski definition) is 5. The first-order valence-corrected chi connectivity index (χ1v) is 10.3. The highest BCUT2D eigenvalue weighted by Gasteiger charge is 2.21. The van der Waals surface area contributed by atoms with Crippen molar-refractivity contribution in [2.24, 2.45) is 0 Å². The van der Waals surface area contributed by atoms with Gasteiger partial charge < -0.3 is 10.1 Å². The number of nitrogens with zero attached hydrogens (tertiary/aromatic N) is 2. The first-order valence-electron chi connectivity index (χ1n) is 8.90. The van der Waals surface area contributed by atoms with E-state index in [1.807, 2.05) is 30.3 Å². The van der Waals surface area contributed by atoms with Crippen LogP contribution in [0.5, 0.6) is 5.75 Å². The standard InChI is InChI=1S/C20H21N3O5S/c1-28-17-7-9-18(10-8-17)29(26,27)23-14-13-22(20(23)25)15-19(24)21-12-11-16-5-3-2-4-6-16/h2-10,13-14H,11-12,15H2,1H3,(H,21,24). The van der Waals surface area contributed by atoms with E-state index in [9.17, 15) is 18.0 Å². The van der Waals surface area contributed by atoms with Gasteiger partial charge in [-0.3, -0.25) is 9.36 Å². The third kappa shape index (κ3) is 4.75. The van der Waals surface area contributed by atoms with Gasteiger partial charge in [0.05, 0.1) is 12.0 Å². The van der Waals surface area contributed by atoms with Gasteiger partial charge >= 0.3 is 5.69 Å². The van der Waals surface area contributed by atoms with Crippen LogP contribution >= 0.6 is 0 Å². The average molecular weight is 415 g/mol. The summed E-state index contributed by atoms with van der Waals surface area (Å²) in [6, 6.07) is 15.4. The number of aromatic nitrogens is 2. The largest absolute Gasteiger partial charge is 0.497 e. The van der Waals surface area contributed by atoms with Gasteiger partial charge in [0.15, 0.2) is 0 Å². The Balaban J connectivity index is 1.66. The Morgan fingerprint density at radius 3 is 2.38 bits per heavy atom. The summed E-state index contributed by atoms with van der Waals surface area (Å²) >= 11 is 0. The van der Waals surface area contributed by atoms with E-state index in [-0.39, 0.29) is 17.3 Å². The summed E-state index contributed by atoms with van der Waals surface area (Å²) in [5.74, 6) is 0.128. The van der Waals surface area contributed by atoms with Crippen LogP contribution in [0, 0.1) is 0 Å². The monoisotopic (exact) mass is 415 g/mol. The number of imidazole rings is 1. The molecule has 0 fully saturated rings. The number of carbonyl (C=O) groups is 1. The zero-order valence-corrected chi connectivity index (χ0v) is 16.6. The summed E-state index contributed by atoms with van der Waals surface area (Å²) in [5, 5.41) is 2.73. The van der Waals surface area contributed by atoms with Gasteiger partial charge in [-0.15, -0.1) is 0 Å². The first kappa shape index (κ1) is 20.4. The molecule has 0 bridgehead atoms. The lowest BCUT2D eigenvalue weighted by atomic mass is 10.1. The molecule has 1 amide bonds. The summed E-state index contributed by atoms with van der Waals surface area (Å²) < 4.78 is 32.1. The van der Waals surface area contributed by atoms with Gasteiger partial charge in [0.25, 0.3) is 10.0 Å². The smallest absolute Gasteiger partial charge is 0.342 e. The summed E-state index contributed by atoms with van der Waals surface area (Å²) in [6.45, 7) is 0.154. The van der Waals surface area contributed by atoms with Crippen LogP contribution in [0.3, 0.4) is 0 Å². The SMILES string of the molecule is COc1ccc(S(=O)(=O)n2ccn(CC(=O)NCCc3ccccc3)c2=O)cc1. The van der Waals surface area contributed by atoms with Crippen LogP contribution < -0.4 is 15.7 Å². The number of amides is 1. The van der Waals surface area contributed by atoms with Crippen LogP contribution in [-0.2, 0) is 27.8 Å². The van der Waals surface area contributed by atoms with Gasteiger partial charge in [-0.2, -0.15) is 3.97 Å². The van der Waals surface area contributed by atoms with Gasteiger partial charge in [-0.1, -0.05) is 30.3 Å². The lowest BCUT2D eigenvalue weighted by Crippen LogP contribution is -2.35. The Kier molecular flexibility index (Phi) is 6.18. The van der Waals surface area contributed by atoms with E-state index in [1.165, 1.54) is 37.6 Å². The van der Waals surface area contributed by atoms with Gasteiger partial charge in [0.1, 0.15) is 12.3 Å². The highest BCUT2D eigenvalue weighted by atomic mass is 32.2. The van der Waals surface area contributed by atoms with E-state index < -0.39 is 15.7 Å². The molecule has 1 aromatic heterocycles. The minimum atomic E-state index is -4.07. The molecule has 0 unspecified atom stereocenters. The molecule has 0 spiro atoms. The van der Waals surface area contributed by atoms with E-state index >= 15 is 0 Å². The molecular weight excluding hydrogens is 394 g/mol. The maximum Gasteiger partial charge on any atom is 0.342 e. The molecule has 9 heteroatoms. The molecule has 0 saturated heterocycles. The number of hydrogen-bond donors (Lipinski definition) is 1. The van der Waals surface area contributed by atoms with Crippen molar-refractivity contribution in [2.45, 2.75) is 17.9 Å². The van der Waals surface area contributed by atoms with Crippen LogP contribution in [-0.4, -0.2) is 36.5 Å². The number of benzene rings is 2. The van der Waals surface area contributed by atoms with Gasteiger partial charge in [0.2, 0.25) is 5.91 Å². The predicted octanol–water partition coefficient (Wildman–Crippen LogP) is 1.25. The molecule has 1 heterocycles. The fourth-order valence-electron chi connectivity index (χ4n) is 2.76. The highest BCUT2D eigenvalue weighted by Crippen LogP contribution is 2.17. The summed E-state index contributed by atoms with van der Waals surface area (Å²) in [6.07, 6.45) is 3.08. The molecule has 0 aliphatic heterocycles. The van der Waals surface area contributed by atoms with Crippen LogP contribution in [0.2, 0.25) is 0 Å². The van der Waals surface area contributed by atoms with E-state index in [0.717, 1.165) is 16.3 Å². The Hall–Kier alpha value is -3.33. The zero-order valence-electron chi connectivity index (χ0n) is 15.8. The second-order valence-corrected chi connectivity index (χ2v) is 8.09.